The van der Waals surface area contributed by atoms with E-state index in [1.165, 1.54) is 6.08 Å². The van der Waals surface area contributed by atoms with Gasteiger partial charge in [-0.3, -0.25) is 4.79 Å². The standard InChI is InChI=1S/C20H18O4/c1-23-16-9-7-15(8-10-16)18(21)13-17(14-5-3-2-4-6-14)19-11-12-20(22)24-19/h2-12,17,19H,13H2,1H3/t17-,19-/m0/s1. The minimum atomic E-state index is -0.415. The number of Topliss-reactive ketones (excluding diaryl/α,β-unsaturated/α-hetero) is 1. The number of ketones is 1. The van der Waals surface area contributed by atoms with Crippen molar-refractivity contribution < 1.29 is 19.1 Å². The van der Waals surface area contributed by atoms with E-state index < -0.39 is 6.10 Å². The molecule has 3 rings (SSSR count). The lowest BCUT2D eigenvalue weighted by molar-refractivity contribution is -0.139. The van der Waals surface area contributed by atoms with Gasteiger partial charge in [0.15, 0.2) is 5.78 Å². The van der Waals surface area contributed by atoms with Gasteiger partial charge >= 0.3 is 5.97 Å². The number of ether oxygens (including phenoxy) is 2. The normalized spacial score (nSPS) is 17.4. The molecule has 0 radical (unpaired) electrons. The second kappa shape index (κ2) is 7.13. The van der Waals surface area contributed by atoms with Gasteiger partial charge in [-0.05, 0) is 35.9 Å². The van der Waals surface area contributed by atoms with Crippen LogP contribution in [0.5, 0.6) is 5.75 Å². The van der Waals surface area contributed by atoms with Crippen LogP contribution in [0.3, 0.4) is 0 Å². The maximum absolute atomic E-state index is 12.7. The van der Waals surface area contributed by atoms with Gasteiger partial charge in [0.1, 0.15) is 11.9 Å². The minimum Gasteiger partial charge on any atom is -0.497 e. The van der Waals surface area contributed by atoms with Gasteiger partial charge in [-0.25, -0.2) is 4.79 Å². The highest BCUT2D eigenvalue weighted by Gasteiger charge is 2.30. The number of benzene rings is 2. The van der Waals surface area contributed by atoms with E-state index in [9.17, 15) is 9.59 Å². The first kappa shape index (κ1) is 16.0. The summed E-state index contributed by atoms with van der Waals surface area (Å²) in [6, 6.07) is 16.7. The monoisotopic (exact) mass is 322 g/mol. The summed E-state index contributed by atoms with van der Waals surface area (Å²) in [4.78, 5) is 24.1. The molecule has 0 aliphatic carbocycles. The smallest absolute Gasteiger partial charge is 0.331 e. The van der Waals surface area contributed by atoms with E-state index in [4.69, 9.17) is 9.47 Å². The van der Waals surface area contributed by atoms with Gasteiger partial charge in [-0.15, -0.1) is 0 Å². The number of esters is 1. The van der Waals surface area contributed by atoms with E-state index in [-0.39, 0.29) is 24.1 Å². The van der Waals surface area contributed by atoms with E-state index >= 15 is 0 Å². The molecule has 2 aromatic carbocycles. The van der Waals surface area contributed by atoms with E-state index in [0.717, 1.165) is 5.56 Å². The van der Waals surface area contributed by atoms with Crippen LogP contribution in [0.4, 0.5) is 0 Å². The van der Waals surface area contributed by atoms with Crippen molar-refractivity contribution in [1.82, 2.24) is 0 Å². The Labute approximate surface area is 140 Å². The van der Waals surface area contributed by atoms with Crippen molar-refractivity contribution in [3.05, 3.63) is 77.9 Å². The molecule has 1 heterocycles. The first-order valence-corrected chi connectivity index (χ1v) is 7.78. The van der Waals surface area contributed by atoms with Crippen LogP contribution >= 0.6 is 0 Å². The highest BCUT2D eigenvalue weighted by Crippen LogP contribution is 2.30. The Balaban J connectivity index is 1.82. The molecule has 2 atom stereocenters. The summed E-state index contributed by atoms with van der Waals surface area (Å²) in [5.41, 5.74) is 1.59. The summed E-state index contributed by atoms with van der Waals surface area (Å²) in [7, 11) is 1.59. The van der Waals surface area contributed by atoms with E-state index in [1.807, 2.05) is 30.3 Å². The Kier molecular flexibility index (Phi) is 4.75. The van der Waals surface area contributed by atoms with Crippen molar-refractivity contribution >= 4 is 11.8 Å². The topological polar surface area (TPSA) is 52.6 Å². The molecular weight excluding hydrogens is 304 g/mol. The van der Waals surface area contributed by atoms with Crippen molar-refractivity contribution in [2.75, 3.05) is 7.11 Å². The number of carbonyl (C=O) groups is 2. The van der Waals surface area contributed by atoms with Crippen LogP contribution < -0.4 is 4.74 Å². The van der Waals surface area contributed by atoms with Crippen LogP contribution in [-0.2, 0) is 9.53 Å². The zero-order valence-corrected chi connectivity index (χ0v) is 13.3. The van der Waals surface area contributed by atoms with Crippen molar-refractivity contribution in [2.24, 2.45) is 0 Å². The number of rotatable bonds is 6. The molecule has 0 aromatic heterocycles. The summed E-state index contributed by atoms with van der Waals surface area (Å²) < 4.78 is 10.4. The summed E-state index contributed by atoms with van der Waals surface area (Å²) in [5, 5.41) is 0. The zero-order chi connectivity index (χ0) is 16.9. The van der Waals surface area contributed by atoms with Gasteiger partial charge < -0.3 is 9.47 Å². The van der Waals surface area contributed by atoms with Crippen molar-refractivity contribution in [1.29, 1.82) is 0 Å². The van der Waals surface area contributed by atoms with Crippen LogP contribution in [0.1, 0.15) is 28.3 Å². The highest BCUT2D eigenvalue weighted by atomic mass is 16.5. The molecule has 24 heavy (non-hydrogen) atoms. The second-order valence-electron chi connectivity index (χ2n) is 5.63. The molecule has 0 fully saturated rings. The molecule has 0 saturated heterocycles. The second-order valence-corrected chi connectivity index (χ2v) is 5.63. The highest BCUT2D eigenvalue weighted by molar-refractivity contribution is 5.97. The molecule has 0 spiro atoms. The maximum atomic E-state index is 12.7. The molecule has 4 heteroatoms. The first-order valence-electron chi connectivity index (χ1n) is 7.78. The average Bonchev–Trinajstić information content (AvgIpc) is 3.06. The van der Waals surface area contributed by atoms with Crippen molar-refractivity contribution in [3.63, 3.8) is 0 Å². The predicted molar refractivity (Wildman–Crippen MR) is 90.1 cm³/mol. The number of hydrogen-bond acceptors (Lipinski definition) is 4. The lowest BCUT2D eigenvalue weighted by Crippen LogP contribution is -2.21. The van der Waals surface area contributed by atoms with E-state index in [2.05, 4.69) is 0 Å². The number of carbonyl (C=O) groups excluding carboxylic acids is 2. The Morgan fingerprint density at radius 3 is 2.42 bits per heavy atom. The van der Waals surface area contributed by atoms with Gasteiger partial charge in [-0.2, -0.15) is 0 Å². The predicted octanol–water partition coefficient (Wildman–Crippen LogP) is 3.53. The number of cyclic esters (lactones) is 1. The molecule has 1 aliphatic heterocycles. The zero-order valence-electron chi connectivity index (χ0n) is 13.3. The van der Waals surface area contributed by atoms with Gasteiger partial charge in [0.25, 0.3) is 0 Å². The van der Waals surface area contributed by atoms with Crippen LogP contribution in [0.25, 0.3) is 0 Å². The number of hydrogen-bond donors (Lipinski definition) is 0. The van der Waals surface area contributed by atoms with Crippen molar-refractivity contribution in [2.45, 2.75) is 18.4 Å². The Hall–Kier alpha value is -2.88. The molecule has 0 N–H and O–H groups in total. The quantitative estimate of drug-likeness (QED) is 0.603. The Morgan fingerprint density at radius 2 is 1.83 bits per heavy atom. The van der Waals surface area contributed by atoms with Crippen LogP contribution in [0.2, 0.25) is 0 Å². The molecule has 122 valence electrons. The van der Waals surface area contributed by atoms with Gasteiger partial charge in [0.2, 0.25) is 0 Å². The SMILES string of the molecule is COc1ccc(C(=O)C[C@@H](c2ccccc2)[C@@H]2C=CC(=O)O2)cc1. The van der Waals surface area contributed by atoms with Gasteiger partial charge in [0.05, 0.1) is 7.11 Å². The molecular formula is C20H18O4. The molecule has 1 aliphatic rings. The van der Waals surface area contributed by atoms with Crippen LogP contribution in [-0.4, -0.2) is 25.0 Å². The van der Waals surface area contributed by atoms with Gasteiger partial charge in [0, 0.05) is 24.0 Å². The molecule has 0 unspecified atom stereocenters. The molecule has 0 bridgehead atoms. The largest absolute Gasteiger partial charge is 0.497 e. The maximum Gasteiger partial charge on any atom is 0.331 e. The molecule has 0 amide bonds. The summed E-state index contributed by atoms with van der Waals surface area (Å²) in [6.45, 7) is 0. The third-order valence-corrected chi connectivity index (χ3v) is 4.12. The Morgan fingerprint density at radius 1 is 1.12 bits per heavy atom. The fourth-order valence-corrected chi connectivity index (χ4v) is 2.82. The molecule has 0 saturated carbocycles. The lowest BCUT2D eigenvalue weighted by atomic mass is 9.87. The minimum absolute atomic E-state index is 0.00264. The van der Waals surface area contributed by atoms with Crippen LogP contribution in [0.15, 0.2) is 66.7 Å². The summed E-state index contributed by atoms with van der Waals surface area (Å²) in [5.74, 6) is 0.142. The fourth-order valence-electron chi connectivity index (χ4n) is 2.82. The fraction of sp³-hybridized carbons (Fsp3) is 0.200. The first-order chi connectivity index (χ1) is 11.7. The summed E-state index contributed by atoms with van der Waals surface area (Å²) >= 11 is 0. The third kappa shape index (κ3) is 3.54. The average molecular weight is 322 g/mol. The van der Waals surface area contributed by atoms with Crippen LogP contribution in [0, 0.1) is 0 Å². The van der Waals surface area contributed by atoms with E-state index in [1.54, 1.807) is 37.5 Å². The molecule has 2 aromatic rings. The third-order valence-electron chi connectivity index (χ3n) is 4.12. The Bertz CT molecular complexity index is 747. The van der Waals surface area contributed by atoms with E-state index in [0.29, 0.717) is 11.3 Å². The lowest BCUT2D eigenvalue weighted by Gasteiger charge is -2.22. The summed E-state index contributed by atoms with van der Waals surface area (Å²) in [6.07, 6.45) is 2.99. The van der Waals surface area contributed by atoms with Gasteiger partial charge in [-0.1, -0.05) is 30.3 Å². The van der Waals surface area contributed by atoms with Crippen molar-refractivity contribution in [3.8, 4) is 5.75 Å². The number of methoxy groups -OCH3 is 1. The molecule has 4 nitrogen and oxygen atoms in total.